The lowest BCUT2D eigenvalue weighted by molar-refractivity contribution is -0.220. The van der Waals surface area contributed by atoms with Crippen LogP contribution in [-0.2, 0) is 27.9 Å². The summed E-state index contributed by atoms with van der Waals surface area (Å²) in [5.41, 5.74) is 0. The highest BCUT2D eigenvalue weighted by atomic mass is 31.2. The molecule has 0 bridgehead atoms. The zero-order valence-electron chi connectivity index (χ0n) is 36.5. The van der Waals surface area contributed by atoms with Crippen LogP contribution in [0, 0.1) is 0 Å². The predicted molar refractivity (Wildman–Crippen MR) is 239 cm³/mol. The normalized spacial score (nSPS) is 23.1. The maximum Gasteiger partial charge on any atom is 0.472 e. The Morgan fingerprint density at radius 2 is 0.933 bits per heavy atom. The van der Waals surface area contributed by atoms with E-state index >= 15 is 0 Å². The molecule has 0 aromatic heterocycles. The van der Waals surface area contributed by atoms with Gasteiger partial charge in [-0.15, -0.1) is 0 Å². The Hall–Kier alpha value is -2.48. The zero-order chi connectivity index (χ0) is 44.1. The van der Waals surface area contributed by atoms with Crippen LogP contribution in [0.3, 0.4) is 0 Å². The van der Waals surface area contributed by atoms with Gasteiger partial charge in [-0.1, -0.05) is 137 Å². The number of phosphoric acid groups is 1. The first-order valence-electron chi connectivity index (χ1n) is 22.4. The predicted octanol–water partition coefficient (Wildman–Crippen LogP) is 8.97. The zero-order valence-corrected chi connectivity index (χ0v) is 37.4. The molecule has 0 aliphatic heterocycles. The summed E-state index contributed by atoms with van der Waals surface area (Å²) in [6.07, 6.45) is 36.5. The van der Waals surface area contributed by atoms with Gasteiger partial charge in [0.05, 0.1) is 13.2 Å². The molecule has 6 N–H and O–H groups in total. The Balaban J connectivity index is 2.45. The summed E-state index contributed by atoms with van der Waals surface area (Å²) >= 11 is 0. The standard InChI is InChI=1S/C47H79O12P/c1-3-5-7-9-11-13-15-17-19-21-22-24-26-28-30-32-34-36-41(48)58-40(39-57-60(54,55)59-47-45(52)43(50)42(49)44(51)46(47)53)38-56-37-35-33-31-29-27-25-23-20-18-16-14-12-10-8-6-4-2/h5-8,11-14,17-20,22,24,40,42-47,49-53H,3-4,9-10,15-16,21,23,25-39H2,1-2H3,(H,54,55)/b7-5-,8-6-,13-11-,14-12-,19-17-,20-18-,24-22-. The number of esters is 1. The minimum absolute atomic E-state index is 0.101. The van der Waals surface area contributed by atoms with E-state index in [0.29, 0.717) is 13.0 Å². The van der Waals surface area contributed by atoms with Gasteiger partial charge in [0, 0.05) is 13.0 Å². The average molecular weight is 867 g/mol. The van der Waals surface area contributed by atoms with Gasteiger partial charge in [0.1, 0.15) is 42.7 Å². The van der Waals surface area contributed by atoms with E-state index in [1.165, 1.54) is 0 Å². The molecule has 344 valence electrons. The van der Waals surface area contributed by atoms with Crippen molar-refractivity contribution < 1.29 is 58.3 Å². The molecule has 6 unspecified atom stereocenters. The Bertz CT molecular complexity index is 1310. The van der Waals surface area contributed by atoms with Crippen molar-refractivity contribution in [2.24, 2.45) is 0 Å². The van der Waals surface area contributed by atoms with Gasteiger partial charge in [-0.2, -0.15) is 0 Å². The molecule has 0 spiro atoms. The molecule has 1 aliphatic carbocycles. The Morgan fingerprint density at radius 1 is 0.533 bits per heavy atom. The summed E-state index contributed by atoms with van der Waals surface area (Å²) in [4.78, 5) is 23.1. The lowest BCUT2D eigenvalue weighted by atomic mass is 9.85. The number of phosphoric ester groups is 1. The summed E-state index contributed by atoms with van der Waals surface area (Å²) in [5.74, 6) is -0.510. The fourth-order valence-corrected chi connectivity index (χ4v) is 7.21. The number of carbonyl (C=O) groups excluding carboxylic acids is 1. The fourth-order valence-electron chi connectivity index (χ4n) is 6.24. The maximum absolute atomic E-state index is 12.8. The van der Waals surface area contributed by atoms with E-state index in [4.69, 9.17) is 18.5 Å². The van der Waals surface area contributed by atoms with Crippen molar-refractivity contribution in [3.8, 4) is 0 Å². The first kappa shape index (κ1) is 55.5. The second-order valence-electron chi connectivity index (χ2n) is 15.1. The smallest absolute Gasteiger partial charge is 0.457 e. The summed E-state index contributed by atoms with van der Waals surface area (Å²) in [7, 11) is -5.03. The minimum Gasteiger partial charge on any atom is -0.457 e. The van der Waals surface area contributed by atoms with E-state index in [1.807, 2.05) is 0 Å². The second kappa shape index (κ2) is 37.1. The van der Waals surface area contributed by atoms with Crippen LogP contribution >= 0.6 is 7.82 Å². The van der Waals surface area contributed by atoms with Crippen molar-refractivity contribution in [3.05, 3.63) is 85.1 Å². The summed E-state index contributed by atoms with van der Waals surface area (Å²) in [6, 6.07) is 0. The van der Waals surface area contributed by atoms with Crippen LogP contribution in [0.25, 0.3) is 0 Å². The molecule has 0 heterocycles. The van der Waals surface area contributed by atoms with Gasteiger partial charge in [-0.05, 0) is 83.5 Å². The van der Waals surface area contributed by atoms with E-state index in [2.05, 4.69) is 98.9 Å². The van der Waals surface area contributed by atoms with E-state index in [-0.39, 0.29) is 13.0 Å². The molecule has 0 aromatic rings. The lowest BCUT2D eigenvalue weighted by Crippen LogP contribution is -2.64. The van der Waals surface area contributed by atoms with Crippen LogP contribution in [0.2, 0.25) is 0 Å². The third-order valence-electron chi connectivity index (χ3n) is 9.76. The highest BCUT2D eigenvalue weighted by Gasteiger charge is 2.51. The summed E-state index contributed by atoms with van der Waals surface area (Å²) in [5, 5.41) is 50.2. The summed E-state index contributed by atoms with van der Waals surface area (Å²) in [6.45, 7) is 3.95. The molecule has 0 amide bonds. The van der Waals surface area contributed by atoms with E-state index < -0.39 is 63.1 Å². The number of aliphatic hydroxyl groups is 5. The first-order chi connectivity index (χ1) is 29.0. The topological polar surface area (TPSA) is 192 Å². The van der Waals surface area contributed by atoms with Crippen LogP contribution in [0.5, 0.6) is 0 Å². The number of allylic oxidation sites excluding steroid dienone is 14. The van der Waals surface area contributed by atoms with Crippen LogP contribution in [0.15, 0.2) is 85.1 Å². The molecule has 0 saturated heterocycles. The van der Waals surface area contributed by atoms with Gasteiger partial charge in [-0.25, -0.2) is 4.57 Å². The quantitative estimate of drug-likeness (QED) is 0.0152. The van der Waals surface area contributed by atoms with Gasteiger partial charge in [0.25, 0.3) is 0 Å². The summed E-state index contributed by atoms with van der Waals surface area (Å²) < 4.78 is 34.1. The van der Waals surface area contributed by atoms with Crippen LogP contribution in [-0.4, -0.2) is 98.9 Å². The molecule has 60 heavy (non-hydrogen) atoms. The number of unbranched alkanes of at least 4 members (excludes halogenated alkanes) is 10. The van der Waals surface area contributed by atoms with Crippen molar-refractivity contribution in [2.75, 3.05) is 19.8 Å². The van der Waals surface area contributed by atoms with Crippen LogP contribution in [0.4, 0.5) is 0 Å². The van der Waals surface area contributed by atoms with E-state index in [1.54, 1.807) is 0 Å². The monoisotopic (exact) mass is 867 g/mol. The molecule has 13 heteroatoms. The minimum atomic E-state index is -5.03. The number of ether oxygens (including phenoxy) is 2. The highest BCUT2D eigenvalue weighted by molar-refractivity contribution is 7.47. The van der Waals surface area contributed by atoms with Crippen molar-refractivity contribution in [1.82, 2.24) is 0 Å². The van der Waals surface area contributed by atoms with Gasteiger partial charge >= 0.3 is 13.8 Å². The van der Waals surface area contributed by atoms with Crippen molar-refractivity contribution >= 4 is 13.8 Å². The Labute approximate surface area is 361 Å². The average Bonchev–Trinajstić information content (AvgIpc) is 3.23. The molecule has 12 nitrogen and oxygen atoms in total. The van der Waals surface area contributed by atoms with Crippen LogP contribution in [0.1, 0.15) is 142 Å². The third-order valence-corrected chi connectivity index (χ3v) is 10.7. The van der Waals surface area contributed by atoms with Gasteiger partial charge in [-0.3, -0.25) is 13.8 Å². The number of rotatable bonds is 36. The molecule has 1 fully saturated rings. The van der Waals surface area contributed by atoms with Gasteiger partial charge < -0.3 is 39.9 Å². The largest absolute Gasteiger partial charge is 0.472 e. The Kier molecular flexibility index (Phi) is 34.3. The molecule has 0 radical (unpaired) electrons. The SMILES string of the molecule is CC/C=C\C/C=C\C/C=C\C/C=C\CCCCCCC(=O)OC(COCCCCCCCC/C=C\C/C=C\C/C=C\CC)COP(=O)(O)OC1C(O)C(O)C(O)C(O)C1O. The maximum atomic E-state index is 12.8. The second-order valence-corrected chi connectivity index (χ2v) is 16.5. The van der Waals surface area contributed by atoms with Crippen molar-refractivity contribution in [3.63, 3.8) is 0 Å². The highest BCUT2D eigenvalue weighted by Crippen LogP contribution is 2.47. The van der Waals surface area contributed by atoms with Gasteiger partial charge in [0.2, 0.25) is 0 Å². The van der Waals surface area contributed by atoms with Crippen molar-refractivity contribution in [1.29, 1.82) is 0 Å². The molecule has 1 aliphatic rings. The van der Waals surface area contributed by atoms with Gasteiger partial charge in [0.15, 0.2) is 0 Å². The van der Waals surface area contributed by atoms with E-state index in [9.17, 15) is 39.8 Å². The van der Waals surface area contributed by atoms with E-state index in [0.717, 1.165) is 116 Å². The lowest BCUT2D eigenvalue weighted by Gasteiger charge is -2.41. The van der Waals surface area contributed by atoms with Crippen LogP contribution < -0.4 is 0 Å². The molecule has 1 saturated carbocycles. The number of hydrogen-bond donors (Lipinski definition) is 6. The fraction of sp³-hybridized carbons (Fsp3) is 0.681. The molecule has 6 atom stereocenters. The Morgan fingerprint density at radius 3 is 1.42 bits per heavy atom. The molecule has 0 aromatic carbocycles. The first-order valence-corrected chi connectivity index (χ1v) is 23.9. The number of carbonyl (C=O) groups is 1. The molecule has 1 rings (SSSR count). The molecular weight excluding hydrogens is 787 g/mol. The van der Waals surface area contributed by atoms with Crippen molar-refractivity contribution in [2.45, 2.75) is 185 Å². The third kappa shape index (κ3) is 28.9. The number of aliphatic hydroxyl groups excluding tert-OH is 5. The number of hydrogen-bond acceptors (Lipinski definition) is 11. The molecular formula is C47H79O12P.